The molecule has 0 atom stereocenters. The predicted octanol–water partition coefficient (Wildman–Crippen LogP) is 3.39. The highest BCUT2D eigenvalue weighted by atomic mass is 32.2. The number of benzene rings is 1. The van der Waals surface area contributed by atoms with Crippen LogP contribution >= 0.6 is 11.8 Å². The SMILES string of the molecule is COc1cccc(Nc2nnc(SCc3ccco3)n(-n3cccc3)c2=O)c1. The maximum atomic E-state index is 13.1. The number of rotatable bonds is 7. The number of nitrogens with zero attached hydrogens (tertiary/aromatic N) is 4. The topological polar surface area (TPSA) is 87.1 Å². The Morgan fingerprint density at radius 1 is 1.14 bits per heavy atom. The van der Waals surface area contributed by atoms with E-state index in [-0.39, 0.29) is 11.4 Å². The molecular weight excluding hydrogens is 378 g/mol. The van der Waals surface area contributed by atoms with Gasteiger partial charge in [0.25, 0.3) is 0 Å². The summed E-state index contributed by atoms with van der Waals surface area (Å²) in [5.74, 6) is 2.11. The number of nitrogens with one attached hydrogen (secondary N) is 1. The zero-order chi connectivity index (χ0) is 19.3. The predicted molar refractivity (Wildman–Crippen MR) is 106 cm³/mol. The standard InChI is InChI=1S/C19H17N5O3S/c1-26-15-7-4-6-14(12-15)20-17-18(25)24(23-9-2-3-10-23)19(22-21-17)28-13-16-8-5-11-27-16/h2-12H,13H2,1H3,(H,20,21). The summed E-state index contributed by atoms with van der Waals surface area (Å²) in [6, 6.07) is 14.6. The molecule has 0 aliphatic heterocycles. The van der Waals surface area contributed by atoms with Crippen molar-refractivity contribution in [2.75, 3.05) is 12.4 Å². The van der Waals surface area contributed by atoms with Gasteiger partial charge in [-0.05, 0) is 36.4 Å². The largest absolute Gasteiger partial charge is 0.497 e. The normalized spacial score (nSPS) is 10.8. The van der Waals surface area contributed by atoms with E-state index >= 15 is 0 Å². The second kappa shape index (κ2) is 8.05. The van der Waals surface area contributed by atoms with E-state index in [0.717, 1.165) is 5.76 Å². The van der Waals surface area contributed by atoms with Crippen molar-refractivity contribution in [1.82, 2.24) is 19.5 Å². The number of hydrogen-bond acceptors (Lipinski definition) is 7. The van der Waals surface area contributed by atoms with E-state index in [9.17, 15) is 4.79 Å². The first kappa shape index (κ1) is 17.9. The highest BCUT2D eigenvalue weighted by Gasteiger charge is 2.15. The first-order chi connectivity index (χ1) is 13.7. The molecule has 28 heavy (non-hydrogen) atoms. The minimum atomic E-state index is -0.323. The van der Waals surface area contributed by atoms with Crippen LogP contribution in [0.25, 0.3) is 0 Å². The van der Waals surface area contributed by atoms with Gasteiger partial charge in [-0.3, -0.25) is 9.47 Å². The molecule has 1 N–H and O–H groups in total. The van der Waals surface area contributed by atoms with Crippen LogP contribution in [0.5, 0.6) is 5.75 Å². The molecule has 0 fully saturated rings. The van der Waals surface area contributed by atoms with Gasteiger partial charge in [0.05, 0.1) is 19.1 Å². The summed E-state index contributed by atoms with van der Waals surface area (Å²) >= 11 is 1.37. The van der Waals surface area contributed by atoms with Crippen molar-refractivity contribution in [3.05, 3.63) is 83.3 Å². The van der Waals surface area contributed by atoms with Crippen LogP contribution in [0.15, 0.2) is 81.6 Å². The molecule has 1 aromatic carbocycles. The summed E-state index contributed by atoms with van der Waals surface area (Å²) in [4.78, 5) is 13.1. The molecule has 3 heterocycles. The average molecular weight is 395 g/mol. The molecule has 3 aromatic heterocycles. The third-order valence-electron chi connectivity index (χ3n) is 3.89. The van der Waals surface area contributed by atoms with E-state index in [0.29, 0.717) is 22.3 Å². The van der Waals surface area contributed by atoms with E-state index in [1.807, 2.05) is 42.5 Å². The molecular formula is C19H17N5O3S. The van der Waals surface area contributed by atoms with Crippen LogP contribution in [0.4, 0.5) is 11.5 Å². The number of furan rings is 1. The maximum absolute atomic E-state index is 13.1. The Hall–Kier alpha value is -3.46. The second-order valence-electron chi connectivity index (χ2n) is 5.74. The van der Waals surface area contributed by atoms with E-state index in [1.165, 1.54) is 16.4 Å². The minimum Gasteiger partial charge on any atom is -0.497 e. The molecule has 0 saturated carbocycles. The quantitative estimate of drug-likeness (QED) is 0.480. The molecule has 0 unspecified atom stereocenters. The van der Waals surface area contributed by atoms with Gasteiger partial charge in [-0.15, -0.1) is 10.2 Å². The average Bonchev–Trinajstić information content (AvgIpc) is 3.42. The molecule has 8 nitrogen and oxygen atoms in total. The van der Waals surface area contributed by atoms with E-state index < -0.39 is 0 Å². The Balaban J connectivity index is 1.69. The van der Waals surface area contributed by atoms with Crippen molar-refractivity contribution in [3.63, 3.8) is 0 Å². The molecule has 0 amide bonds. The van der Waals surface area contributed by atoms with Gasteiger partial charge in [0, 0.05) is 24.1 Å². The number of ether oxygens (including phenoxy) is 1. The summed E-state index contributed by atoms with van der Waals surface area (Å²) in [6.07, 6.45) is 5.16. The molecule has 4 aromatic rings. The molecule has 142 valence electrons. The molecule has 4 rings (SSSR count). The lowest BCUT2D eigenvalue weighted by molar-refractivity contribution is 0.415. The van der Waals surface area contributed by atoms with E-state index in [4.69, 9.17) is 9.15 Å². The van der Waals surface area contributed by atoms with E-state index in [2.05, 4.69) is 15.5 Å². The summed E-state index contributed by atoms with van der Waals surface area (Å²) in [5.41, 5.74) is 0.358. The lowest BCUT2D eigenvalue weighted by Crippen LogP contribution is -2.30. The summed E-state index contributed by atoms with van der Waals surface area (Å²) < 4.78 is 13.7. The first-order valence-electron chi connectivity index (χ1n) is 8.44. The lowest BCUT2D eigenvalue weighted by atomic mass is 10.3. The van der Waals surface area contributed by atoms with Crippen molar-refractivity contribution in [2.24, 2.45) is 0 Å². The van der Waals surface area contributed by atoms with Crippen LogP contribution in [-0.4, -0.2) is 26.7 Å². The highest BCUT2D eigenvalue weighted by Crippen LogP contribution is 2.22. The van der Waals surface area contributed by atoms with Crippen molar-refractivity contribution < 1.29 is 9.15 Å². The number of methoxy groups -OCH3 is 1. The summed E-state index contributed by atoms with van der Waals surface area (Å²) in [6.45, 7) is 0. The number of thioether (sulfide) groups is 1. The zero-order valence-electron chi connectivity index (χ0n) is 15.0. The first-order valence-corrected chi connectivity index (χ1v) is 9.43. The van der Waals surface area contributed by atoms with Gasteiger partial charge in [0.15, 0.2) is 0 Å². The molecule has 0 bridgehead atoms. The van der Waals surface area contributed by atoms with Crippen LogP contribution in [-0.2, 0) is 5.75 Å². The number of hydrogen-bond donors (Lipinski definition) is 1. The molecule has 0 aliphatic rings. The van der Waals surface area contributed by atoms with Crippen LogP contribution in [0, 0.1) is 0 Å². The van der Waals surface area contributed by atoms with Crippen molar-refractivity contribution >= 4 is 23.3 Å². The zero-order valence-corrected chi connectivity index (χ0v) is 15.8. The third-order valence-corrected chi connectivity index (χ3v) is 4.83. The summed E-state index contributed by atoms with van der Waals surface area (Å²) in [5, 5.41) is 11.8. The van der Waals surface area contributed by atoms with Crippen molar-refractivity contribution in [1.29, 1.82) is 0 Å². The fourth-order valence-electron chi connectivity index (χ4n) is 2.56. The molecule has 0 radical (unpaired) electrons. The van der Waals surface area contributed by atoms with Crippen molar-refractivity contribution in [2.45, 2.75) is 10.9 Å². The Labute approximate surface area is 164 Å². The monoisotopic (exact) mass is 395 g/mol. The Morgan fingerprint density at radius 2 is 2.00 bits per heavy atom. The highest BCUT2D eigenvalue weighted by molar-refractivity contribution is 7.98. The van der Waals surface area contributed by atoms with Crippen LogP contribution in [0.1, 0.15) is 5.76 Å². The van der Waals surface area contributed by atoms with Crippen LogP contribution in [0.2, 0.25) is 0 Å². The van der Waals surface area contributed by atoms with Gasteiger partial charge in [-0.25, -0.2) is 0 Å². The number of anilines is 2. The molecule has 9 heteroatoms. The Morgan fingerprint density at radius 3 is 2.75 bits per heavy atom. The Kier molecular flexibility index (Phi) is 5.16. The number of aromatic nitrogens is 4. The molecule has 0 saturated heterocycles. The molecule has 0 spiro atoms. The fourth-order valence-corrected chi connectivity index (χ4v) is 3.40. The maximum Gasteiger partial charge on any atom is 0.316 e. The van der Waals surface area contributed by atoms with Gasteiger partial charge in [0.1, 0.15) is 11.5 Å². The van der Waals surface area contributed by atoms with E-state index in [1.54, 1.807) is 36.5 Å². The van der Waals surface area contributed by atoms with Gasteiger partial charge in [0.2, 0.25) is 11.0 Å². The fraction of sp³-hybridized carbons (Fsp3) is 0.105. The van der Waals surface area contributed by atoms with Gasteiger partial charge >= 0.3 is 5.56 Å². The third kappa shape index (κ3) is 3.79. The van der Waals surface area contributed by atoms with Crippen molar-refractivity contribution in [3.8, 4) is 5.75 Å². The van der Waals surface area contributed by atoms with Gasteiger partial charge in [-0.2, -0.15) is 4.68 Å². The van der Waals surface area contributed by atoms with Gasteiger partial charge < -0.3 is 14.5 Å². The van der Waals surface area contributed by atoms with Gasteiger partial charge in [-0.1, -0.05) is 17.8 Å². The minimum absolute atomic E-state index is 0.115. The van der Waals surface area contributed by atoms with Crippen LogP contribution in [0.3, 0.4) is 0 Å². The summed E-state index contributed by atoms with van der Waals surface area (Å²) in [7, 11) is 1.59. The molecule has 0 aliphatic carbocycles. The smallest absolute Gasteiger partial charge is 0.316 e. The van der Waals surface area contributed by atoms with Crippen LogP contribution < -0.4 is 15.6 Å². The Bertz CT molecular complexity index is 1110. The second-order valence-corrected chi connectivity index (χ2v) is 6.68. The lowest BCUT2D eigenvalue weighted by Gasteiger charge is -2.13.